The molecule has 2 heterocycles. The zero-order chi connectivity index (χ0) is 26.9. The van der Waals surface area contributed by atoms with Crippen molar-refractivity contribution in [2.45, 2.75) is 12.8 Å². The van der Waals surface area contributed by atoms with Crippen LogP contribution in [0.2, 0.25) is 0 Å². The Labute approximate surface area is 226 Å². The number of hydrogen-bond acceptors (Lipinski definition) is 6. The van der Waals surface area contributed by atoms with E-state index >= 15 is 0 Å². The van der Waals surface area contributed by atoms with Crippen LogP contribution in [0.25, 0.3) is 33.7 Å². The maximum Gasteiger partial charge on any atom is 0.162 e. The molecule has 0 fully saturated rings. The predicted molar refractivity (Wildman–Crippen MR) is 161 cm³/mol. The van der Waals surface area contributed by atoms with E-state index in [-0.39, 0.29) is 0 Å². The van der Waals surface area contributed by atoms with Gasteiger partial charge in [-0.1, -0.05) is 48.5 Å². The van der Waals surface area contributed by atoms with Crippen LogP contribution in [0, 0.1) is 0 Å². The highest BCUT2D eigenvalue weighted by Gasteiger charge is 2.13. The highest BCUT2D eigenvalue weighted by molar-refractivity contribution is 5.93. The first-order valence-corrected chi connectivity index (χ1v) is 13.2. The fraction of sp³-hybridized carbons (Fsp3) is 0.355. The number of nitrogens with zero attached hydrogens (tertiary/aromatic N) is 7. The van der Waals surface area contributed by atoms with Gasteiger partial charge in [-0.15, -0.1) is 0 Å². The van der Waals surface area contributed by atoms with E-state index in [1.165, 1.54) is 0 Å². The van der Waals surface area contributed by atoms with Crippen LogP contribution in [0.1, 0.15) is 24.0 Å². The SMILES string of the molecule is CN(C)CCC/N=C\c1ccc(-c2nc(-c3ccc(/C=N/CCCN(C)C)cc3)nc3c2ccn3C)cc1. The molecule has 7 heteroatoms. The van der Waals surface area contributed by atoms with Crippen molar-refractivity contribution < 1.29 is 0 Å². The number of benzene rings is 2. The summed E-state index contributed by atoms with van der Waals surface area (Å²) in [6.07, 6.45) is 8.05. The molecule has 2 aromatic heterocycles. The van der Waals surface area contributed by atoms with Crippen molar-refractivity contribution in [3.8, 4) is 22.6 Å². The van der Waals surface area contributed by atoms with Gasteiger partial charge in [-0.25, -0.2) is 9.97 Å². The molecule has 0 saturated carbocycles. The van der Waals surface area contributed by atoms with Gasteiger partial charge in [-0.2, -0.15) is 0 Å². The molecule has 0 aliphatic heterocycles. The van der Waals surface area contributed by atoms with E-state index in [4.69, 9.17) is 9.97 Å². The second-order valence-corrected chi connectivity index (χ2v) is 10.2. The summed E-state index contributed by atoms with van der Waals surface area (Å²) < 4.78 is 2.05. The third kappa shape index (κ3) is 7.43. The first-order valence-electron chi connectivity index (χ1n) is 13.2. The Morgan fingerprint density at radius 3 is 1.76 bits per heavy atom. The van der Waals surface area contributed by atoms with Crippen LogP contribution in [-0.2, 0) is 7.05 Å². The first kappa shape index (κ1) is 27.4. The summed E-state index contributed by atoms with van der Waals surface area (Å²) in [5.74, 6) is 0.718. The fourth-order valence-electron chi connectivity index (χ4n) is 4.23. The lowest BCUT2D eigenvalue weighted by atomic mass is 10.1. The van der Waals surface area contributed by atoms with Crippen LogP contribution < -0.4 is 0 Å². The monoisotopic (exact) mass is 509 g/mol. The molecule has 0 radical (unpaired) electrons. The molecule has 7 nitrogen and oxygen atoms in total. The maximum atomic E-state index is 5.02. The molecule has 0 saturated heterocycles. The van der Waals surface area contributed by atoms with Crippen LogP contribution in [0.15, 0.2) is 70.8 Å². The van der Waals surface area contributed by atoms with E-state index in [2.05, 4.69) is 103 Å². The number of aliphatic imine (C=N–C) groups is 2. The second-order valence-electron chi connectivity index (χ2n) is 10.2. The molecule has 0 atom stereocenters. The van der Waals surface area contributed by atoms with E-state index in [1.807, 2.05) is 30.2 Å². The summed E-state index contributed by atoms with van der Waals surface area (Å²) in [7, 11) is 10.4. The molecular formula is C31H39N7. The standard InChI is InChI=1S/C31H39N7/c1-36(2)19-6-17-32-22-24-8-12-26(13-9-24)29-28-16-21-38(5)31(28)35-30(34-29)27-14-10-25(11-15-27)23-33-18-7-20-37(3)4/h8-16,21-23H,6-7,17-20H2,1-5H3/b32-22-,33-23+. The highest BCUT2D eigenvalue weighted by atomic mass is 15.1. The Morgan fingerprint density at radius 1 is 0.711 bits per heavy atom. The van der Waals surface area contributed by atoms with Gasteiger partial charge in [0.1, 0.15) is 5.65 Å². The molecule has 0 amide bonds. The lowest BCUT2D eigenvalue weighted by molar-refractivity contribution is 0.403. The minimum Gasteiger partial charge on any atom is -0.335 e. The highest BCUT2D eigenvalue weighted by Crippen LogP contribution is 2.29. The lowest BCUT2D eigenvalue weighted by Gasteiger charge is -2.09. The minimum atomic E-state index is 0.718. The van der Waals surface area contributed by atoms with Gasteiger partial charge >= 0.3 is 0 Å². The predicted octanol–water partition coefficient (Wildman–Crippen LogP) is 5.04. The zero-order valence-corrected chi connectivity index (χ0v) is 23.3. The molecule has 38 heavy (non-hydrogen) atoms. The van der Waals surface area contributed by atoms with Gasteiger partial charge in [-0.05, 0) is 71.3 Å². The van der Waals surface area contributed by atoms with Crippen LogP contribution in [0.4, 0.5) is 0 Å². The number of fused-ring (bicyclic) bond motifs is 1. The van der Waals surface area contributed by atoms with Crippen molar-refractivity contribution in [2.24, 2.45) is 17.0 Å². The van der Waals surface area contributed by atoms with Crippen LogP contribution in [0.3, 0.4) is 0 Å². The van der Waals surface area contributed by atoms with E-state index in [0.29, 0.717) is 0 Å². The molecule has 0 bridgehead atoms. The normalized spacial score (nSPS) is 12.2. The summed E-state index contributed by atoms with van der Waals surface area (Å²) >= 11 is 0. The number of aryl methyl sites for hydroxylation is 1. The van der Waals surface area contributed by atoms with Gasteiger partial charge in [0, 0.05) is 55.3 Å². The largest absolute Gasteiger partial charge is 0.335 e. The molecule has 4 aromatic rings. The molecule has 0 aliphatic carbocycles. The summed E-state index contributed by atoms with van der Waals surface area (Å²) in [5, 5.41) is 1.04. The van der Waals surface area contributed by atoms with Crippen LogP contribution >= 0.6 is 0 Å². The van der Waals surface area contributed by atoms with Gasteiger partial charge in [-0.3, -0.25) is 9.98 Å². The van der Waals surface area contributed by atoms with E-state index in [0.717, 1.165) is 83.8 Å². The van der Waals surface area contributed by atoms with Crippen molar-refractivity contribution in [3.63, 3.8) is 0 Å². The van der Waals surface area contributed by atoms with Gasteiger partial charge in [0.2, 0.25) is 0 Å². The Morgan fingerprint density at radius 2 is 1.24 bits per heavy atom. The Kier molecular flexibility index (Phi) is 9.51. The minimum absolute atomic E-state index is 0.718. The third-order valence-corrected chi connectivity index (χ3v) is 6.34. The molecule has 0 spiro atoms. The van der Waals surface area contributed by atoms with Crippen molar-refractivity contribution in [2.75, 3.05) is 54.4 Å². The Hall–Kier alpha value is -3.68. The molecular weight excluding hydrogens is 470 g/mol. The van der Waals surface area contributed by atoms with E-state index in [1.54, 1.807) is 0 Å². The third-order valence-electron chi connectivity index (χ3n) is 6.34. The van der Waals surface area contributed by atoms with Crippen molar-refractivity contribution in [3.05, 3.63) is 71.9 Å². The van der Waals surface area contributed by atoms with Crippen LogP contribution in [-0.4, -0.2) is 91.1 Å². The number of hydrogen-bond donors (Lipinski definition) is 0. The summed E-state index contributed by atoms with van der Waals surface area (Å²) in [6.45, 7) is 3.76. The summed E-state index contributed by atoms with van der Waals surface area (Å²) in [5.41, 5.74) is 6.08. The fourth-order valence-corrected chi connectivity index (χ4v) is 4.23. The summed E-state index contributed by atoms with van der Waals surface area (Å²) in [4.78, 5) is 23.4. The molecule has 4 rings (SSSR count). The second kappa shape index (κ2) is 13.2. The quantitative estimate of drug-likeness (QED) is 0.198. The van der Waals surface area contributed by atoms with Crippen molar-refractivity contribution >= 4 is 23.5 Å². The summed E-state index contributed by atoms with van der Waals surface area (Å²) in [6, 6.07) is 18.8. The maximum absolute atomic E-state index is 5.02. The molecule has 0 unspecified atom stereocenters. The van der Waals surface area contributed by atoms with Gasteiger partial charge in [0.05, 0.1) is 5.69 Å². The number of rotatable bonds is 12. The average molecular weight is 510 g/mol. The van der Waals surface area contributed by atoms with E-state index in [9.17, 15) is 0 Å². The zero-order valence-electron chi connectivity index (χ0n) is 23.3. The van der Waals surface area contributed by atoms with Crippen molar-refractivity contribution in [1.82, 2.24) is 24.3 Å². The number of aromatic nitrogens is 3. The molecule has 0 N–H and O–H groups in total. The topological polar surface area (TPSA) is 61.9 Å². The van der Waals surface area contributed by atoms with E-state index < -0.39 is 0 Å². The smallest absolute Gasteiger partial charge is 0.162 e. The average Bonchev–Trinajstić information content (AvgIpc) is 3.29. The first-order chi connectivity index (χ1) is 18.4. The molecule has 198 valence electrons. The lowest BCUT2D eigenvalue weighted by Crippen LogP contribution is -2.13. The Balaban J connectivity index is 1.53. The van der Waals surface area contributed by atoms with Gasteiger partial charge < -0.3 is 14.4 Å². The van der Waals surface area contributed by atoms with Crippen LogP contribution in [0.5, 0.6) is 0 Å². The van der Waals surface area contributed by atoms with Crippen molar-refractivity contribution in [1.29, 1.82) is 0 Å². The molecule has 0 aliphatic rings. The van der Waals surface area contributed by atoms with Gasteiger partial charge in [0.25, 0.3) is 0 Å². The Bertz CT molecular complexity index is 1360. The molecule has 2 aromatic carbocycles. The van der Waals surface area contributed by atoms with Gasteiger partial charge in [0.15, 0.2) is 5.82 Å².